The lowest BCUT2D eigenvalue weighted by molar-refractivity contribution is 0.180. The summed E-state index contributed by atoms with van der Waals surface area (Å²) >= 11 is 6.33. The highest BCUT2D eigenvalue weighted by Crippen LogP contribution is 2.24. The van der Waals surface area contributed by atoms with Crippen LogP contribution in [0.15, 0.2) is 29.3 Å². The average Bonchev–Trinajstić information content (AvgIpc) is 3.16. The van der Waals surface area contributed by atoms with Gasteiger partial charge in [-0.05, 0) is 70.2 Å². The number of nitrogens with zero attached hydrogens (tertiary/aromatic N) is 5. The van der Waals surface area contributed by atoms with E-state index in [1.54, 1.807) is 0 Å². The number of hydrogen-bond donors (Lipinski definition) is 2. The number of aromatic nitrogens is 3. The number of fused-ring (bicyclic) bond motifs is 1. The van der Waals surface area contributed by atoms with Crippen LogP contribution in [-0.4, -0.2) is 51.8 Å². The number of aliphatic imine (C=N–C) groups is 1. The number of benzene rings is 1. The van der Waals surface area contributed by atoms with Crippen molar-refractivity contribution in [3.05, 3.63) is 46.5 Å². The van der Waals surface area contributed by atoms with E-state index >= 15 is 0 Å². The Kier molecular flexibility index (Phi) is 7.45. The van der Waals surface area contributed by atoms with Gasteiger partial charge in [0, 0.05) is 31.2 Å². The molecule has 1 fully saturated rings. The maximum absolute atomic E-state index is 6.33. The van der Waals surface area contributed by atoms with Crippen LogP contribution in [0.1, 0.15) is 55.9 Å². The maximum atomic E-state index is 6.33. The normalized spacial score (nSPS) is 20.5. The largest absolute Gasteiger partial charge is 0.357 e. The highest BCUT2D eigenvalue weighted by molar-refractivity contribution is 6.31. The molecule has 2 aliphatic heterocycles. The van der Waals surface area contributed by atoms with Crippen molar-refractivity contribution in [1.82, 2.24) is 30.3 Å². The maximum Gasteiger partial charge on any atom is 0.191 e. The molecule has 1 unspecified atom stereocenters. The number of likely N-dealkylation sites (tertiary alicyclic amines) is 1. The summed E-state index contributed by atoms with van der Waals surface area (Å²) in [5.74, 6) is 3.38. The molecule has 168 valence electrons. The van der Waals surface area contributed by atoms with Crippen molar-refractivity contribution in [1.29, 1.82) is 0 Å². The molecule has 1 saturated heterocycles. The Labute approximate surface area is 190 Å². The molecule has 0 amide bonds. The van der Waals surface area contributed by atoms with E-state index < -0.39 is 0 Å². The van der Waals surface area contributed by atoms with Crippen molar-refractivity contribution in [3.8, 4) is 0 Å². The molecule has 0 bridgehead atoms. The molecule has 3 heterocycles. The molecule has 1 aromatic carbocycles. The summed E-state index contributed by atoms with van der Waals surface area (Å²) in [5, 5.41) is 12.4. The van der Waals surface area contributed by atoms with E-state index in [1.807, 2.05) is 23.7 Å². The first-order chi connectivity index (χ1) is 15.1. The molecular weight excluding hydrogens is 410 g/mol. The molecule has 0 radical (unpaired) electrons. The summed E-state index contributed by atoms with van der Waals surface area (Å²) in [4.78, 5) is 12.1. The van der Waals surface area contributed by atoms with Gasteiger partial charge in [-0.1, -0.05) is 29.8 Å². The molecule has 4 rings (SSSR count). The molecule has 1 atom stereocenters. The van der Waals surface area contributed by atoms with Crippen molar-refractivity contribution in [3.63, 3.8) is 0 Å². The molecule has 7 nitrogen and oxygen atoms in total. The van der Waals surface area contributed by atoms with Gasteiger partial charge in [-0.15, -0.1) is 0 Å². The van der Waals surface area contributed by atoms with Gasteiger partial charge in [-0.25, -0.2) is 9.67 Å². The Morgan fingerprint density at radius 2 is 2.00 bits per heavy atom. The first kappa shape index (κ1) is 22.1. The number of nitrogens with one attached hydrogen (secondary N) is 2. The van der Waals surface area contributed by atoms with Crippen molar-refractivity contribution in [2.75, 3.05) is 26.2 Å². The van der Waals surface area contributed by atoms with E-state index in [0.717, 1.165) is 74.7 Å². The topological polar surface area (TPSA) is 70.4 Å². The molecule has 0 spiro atoms. The summed E-state index contributed by atoms with van der Waals surface area (Å²) in [6, 6.07) is 8.33. The van der Waals surface area contributed by atoms with Gasteiger partial charge in [0.05, 0.1) is 6.04 Å². The van der Waals surface area contributed by atoms with Gasteiger partial charge in [0.1, 0.15) is 11.6 Å². The first-order valence-corrected chi connectivity index (χ1v) is 11.9. The van der Waals surface area contributed by atoms with Crippen LogP contribution in [-0.2, 0) is 13.1 Å². The number of piperidine rings is 1. The summed E-state index contributed by atoms with van der Waals surface area (Å²) in [6.45, 7) is 9.85. The average molecular weight is 444 g/mol. The minimum Gasteiger partial charge on any atom is -0.357 e. The number of guanidine groups is 1. The zero-order chi connectivity index (χ0) is 21.6. The molecule has 0 aliphatic carbocycles. The van der Waals surface area contributed by atoms with E-state index in [9.17, 15) is 0 Å². The van der Waals surface area contributed by atoms with Gasteiger partial charge in [-0.3, -0.25) is 9.89 Å². The Morgan fingerprint density at radius 3 is 2.77 bits per heavy atom. The molecule has 2 N–H and O–H groups in total. The smallest absolute Gasteiger partial charge is 0.191 e. The molecule has 1 aromatic heterocycles. The Hall–Kier alpha value is -2.12. The Morgan fingerprint density at radius 1 is 1.19 bits per heavy atom. The van der Waals surface area contributed by atoms with Crippen molar-refractivity contribution < 1.29 is 0 Å². The second-order valence-electron chi connectivity index (χ2n) is 8.61. The van der Waals surface area contributed by atoms with Crippen molar-refractivity contribution >= 4 is 17.6 Å². The molecule has 2 aromatic rings. The van der Waals surface area contributed by atoms with E-state index in [1.165, 1.54) is 18.4 Å². The van der Waals surface area contributed by atoms with Gasteiger partial charge < -0.3 is 10.6 Å². The fraction of sp³-hybridized carbons (Fsp3) is 0.609. The summed E-state index contributed by atoms with van der Waals surface area (Å²) in [7, 11) is 0. The van der Waals surface area contributed by atoms with Gasteiger partial charge in [0.15, 0.2) is 5.96 Å². The predicted molar refractivity (Wildman–Crippen MR) is 125 cm³/mol. The fourth-order valence-electron chi connectivity index (χ4n) is 4.51. The van der Waals surface area contributed by atoms with Crippen LogP contribution in [0, 0.1) is 12.8 Å². The third-order valence-corrected chi connectivity index (χ3v) is 6.57. The van der Waals surface area contributed by atoms with Crippen molar-refractivity contribution in [2.24, 2.45) is 10.9 Å². The second-order valence-corrected chi connectivity index (χ2v) is 9.02. The van der Waals surface area contributed by atoms with Crippen LogP contribution < -0.4 is 10.6 Å². The molecule has 8 heteroatoms. The van der Waals surface area contributed by atoms with Gasteiger partial charge in [0.25, 0.3) is 0 Å². The minimum atomic E-state index is 0.171. The lowest BCUT2D eigenvalue weighted by Gasteiger charge is -2.31. The predicted octanol–water partition coefficient (Wildman–Crippen LogP) is 3.54. The van der Waals surface area contributed by atoms with Gasteiger partial charge in [-0.2, -0.15) is 5.10 Å². The third kappa shape index (κ3) is 5.77. The number of hydrogen-bond acceptors (Lipinski definition) is 4. The van der Waals surface area contributed by atoms with Crippen LogP contribution >= 0.6 is 11.6 Å². The molecular formula is C23H34ClN7. The lowest BCUT2D eigenvalue weighted by atomic mass is 9.96. The lowest BCUT2D eigenvalue weighted by Crippen LogP contribution is -2.42. The Balaban J connectivity index is 1.30. The number of halogens is 1. The van der Waals surface area contributed by atoms with E-state index in [2.05, 4.69) is 44.7 Å². The zero-order valence-corrected chi connectivity index (χ0v) is 19.4. The van der Waals surface area contributed by atoms with E-state index in [4.69, 9.17) is 16.6 Å². The molecule has 2 aliphatic rings. The van der Waals surface area contributed by atoms with Gasteiger partial charge >= 0.3 is 0 Å². The third-order valence-electron chi connectivity index (χ3n) is 6.20. The molecule has 31 heavy (non-hydrogen) atoms. The van der Waals surface area contributed by atoms with Crippen LogP contribution in [0.4, 0.5) is 0 Å². The minimum absolute atomic E-state index is 0.171. The van der Waals surface area contributed by atoms with Crippen LogP contribution in [0.2, 0.25) is 5.02 Å². The summed E-state index contributed by atoms with van der Waals surface area (Å²) in [5.41, 5.74) is 1.22. The van der Waals surface area contributed by atoms with Crippen LogP contribution in [0.5, 0.6) is 0 Å². The fourth-order valence-corrected chi connectivity index (χ4v) is 4.70. The summed E-state index contributed by atoms with van der Waals surface area (Å²) in [6.07, 6.45) is 4.51. The monoisotopic (exact) mass is 443 g/mol. The zero-order valence-electron chi connectivity index (χ0n) is 18.6. The number of aryl methyl sites for hydroxylation is 2. The quantitative estimate of drug-likeness (QED) is 0.527. The number of rotatable bonds is 6. The second kappa shape index (κ2) is 10.5. The highest BCUT2D eigenvalue weighted by Gasteiger charge is 2.25. The van der Waals surface area contributed by atoms with Crippen LogP contribution in [0.25, 0.3) is 0 Å². The van der Waals surface area contributed by atoms with E-state index in [0.29, 0.717) is 5.92 Å². The van der Waals surface area contributed by atoms with Crippen molar-refractivity contribution in [2.45, 2.75) is 58.7 Å². The Bertz CT molecular complexity index is 886. The standard InChI is InChI=1S/C23H34ClN7/c1-3-25-23(28-21-9-6-12-31-22(21)27-17(2)29-31)26-15-18-10-13-30(14-11-18)16-19-7-4-5-8-20(19)24/h4-5,7-8,18,21H,3,6,9-16H2,1-2H3,(H2,25,26,28). The first-order valence-electron chi connectivity index (χ1n) is 11.5. The highest BCUT2D eigenvalue weighted by atomic mass is 35.5. The molecule has 0 saturated carbocycles. The van der Waals surface area contributed by atoms with Crippen LogP contribution in [0.3, 0.4) is 0 Å². The van der Waals surface area contributed by atoms with E-state index in [-0.39, 0.29) is 6.04 Å². The van der Waals surface area contributed by atoms with Gasteiger partial charge in [0.2, 0.25) is 0 Å². The SMILES string of the molecule is CCNC(=NCC1CCN(Cc2ccccc2Cl)CC1)NC1CCCn2nc(C)nc21. The summed E-state index contributed by atoms with van der Waals surface area (Å²) < 4.78 is 2.04.